The summed E-state index contributed by atoms with van der Waals surface area (Å²) in [6.45, 7) is 1.14. The average Bonchev–Trinajstić information content (AvgIpc) is 2.74. The summed E-state index contributed by atoms with van der Waals surface area (Å²) < 4.78 is 34.2. The quantitative estimate of drug-likeness (QED) is 0.632. The Bertz CT molecular complexity index is 348. The Balaban J connectivity index is 2.51. The second kappa shape index (κ2) is 6.32. The van der Waals surface area contributed by atoms with Crippen molar-refractivity contribution in [2.24, 2.45) is 0 Å². The summed E-state index contributed by atoms with van der Waals surface area (Å²) in [7, 11) is -2.03. The van der Waals surface area contributed by atoms with E-state index in [1.165, 1.54) is 11.4 Å². The summed E-state index contributed by atoms with van der Waals surface area (Å²) in [4.78, 5) is 11.0. The highest BCUT2D eigenvalue weighted by atomic mass is 32.2. The van der Waals surface area contributed by atoms with Gasteiger partial charge in [0, 0.05) is 19.7 Å². The SMILES string of the molecule is COC(=O)CCN(CC1CCCO1)S(C)(=O)=O. The Morgan fingerprint density at radius 2 is 2.24 bits per heavy atom. The van der Waals surface area contributed by atoms with Crippen LogP contribution in [0.15, 0.2) is 0 Å². The van der Waals surface area contributed by atoms with Gasteiger partial charge in [-0.3, -0.25) is 4.79 Å². The van der Waals surface area contributed by atoms with Gasteiger partial charge < -0.3 is 9.47 Å². The van der Waals surface area contributed by atoms with Gasteiger partial charge >= 0.3 is 5.97 Å². The van der Waals surface area contributed by atoms with Crippen LogP contribution >= 0.6 is 0 Å². The van der Waals surface area contributed by atoms with Crippen molar-refractivity contribution in [2.45, 2.75) is 25.4 Å². The summed E-state index contributed by atoms with van der Waals surface area (Å²) in [5.74, 6) is -0.411. The van der Waals surface area contributed by atoms with Gasteiger partial charge in [-0.05, 0) is 12.8 Å². The van der Waals surface area contributed by atoms with Gasteiger partial charge in [0.2, 0.25) is 10.0 Å². The lowest BCUT2D eigenvalue weighted by atomic mass is 10.2. The molecule has 17 heavy (non-hydrogen) atoms. The summed E-state index contributed by atoms with van der Waals surface area (Å²) in [6.07, 6.45) is 2.97. The van der Waals surface area contributed by atoms with Crippen molar-refractivity contribution in [1.82, 2.24) is 4.31 Å². The lowest BCUT2D eigenvalue weighted by molar-refractivity contribution is -0.140. The van der Waals surface area contributed by atoms with E-state index in [1.807, 2.05) is 0 Å². The molecule has 1 fully saturated rings. The predicted octanol–water partition coefficient (Wildman–Crippen LogP) is -0.00990. The molecule has 1 aliphatic rings. The lowest BCUT2D eigenvalue weighted by Gasteiger charge is -2.22. The molecule has 1 heterocycles. The second-order valence-electron chi connectivity index (χ2n) is 4.08. The molecule has 0 amide bonds. The van der Waals surface area contributed by atoms with E-state index in [2.05, 4.69) is 4.74 Å². The Morgan fingerprint density at radius 1 is 1.53 bits per heavy atom. The summed E-state index contributed by atoms with van der Waals surface area (Å²) >= 11 is 0. The number of hydrogen-bond donors (Lipinski definition) is 0. The highest BCUT2D eigenvalue weighted by molar-refractivity contribution is 7.88. The van der Waals surface area contributed by atoms with Gasteiger partial charge in [-0.1, -0.05) is 0 Å². The van der Waals surface area contributed by atoms with E-state index >= 15 is 0 Å². The molecule has 1 atom stereocenters. The van der Waals surface area contributed by atoms with Crippen molar-refractivity contribution >= 4 is 16.0 Å². The van der Waals surface area contributed by atoms with Crippen molar-refractivity contribution in [2.75, 3.05) is 33.1 Å². The predicted molar refractivity (Wildman–Crippen MR) is 62.0 cm³/mol. The molecular weight excluding hydrogens is 246 g/mol. The summed E-state index contributed by atoms with van der Waals surface area (Å²) in [6, 6.07) is 0. The third-order valence-electron chi connectivity index (χ3n) is 2.69. The fourth-order valence-corrected chi connectivity index (χ4v) is 2.59. The van der Waals surface area contributed by atoms with Crippen molar-refractivity contribution < 1.29 is 22.7 Å². The van der Waals surface area contributed by atoms with Gasteiger partial charge in [-0.2, -0.15) is 4.31 Å². The minimum Gasteiger partial charge on any atom is -0.469 e. The van der Waals surface area contributed by atoms with Crippen molar-refractivity contribution in [1.29, 1.82) is 0 Å². The van der Waals surface area contributed by atoms with Gasteiger partial charge in [-0.25, -0.2) is 8.42 Å². The van der Waals surface area contributed by atoms with Crippen LogP contribution in [0.2, 0.25) is 0 Å². The van der Waals surface area contributed by atoms with Crippen LogP contribution in [0.3, 0.4) is 0 Å². The molecule has 0 aromatic rings. The standard InChI is InChI=1S/C10H19NO5S/c1-15-10(12)5-6-11(17(2,13)14)8-9-4-3-7-16-9/h9H,3-8H2,1-2H3. The van der Waals surface area contributed by atoms with E-state index in [-0.39, 0.29) is 19.1 Å². The van der Waals surface area contributed by atoms with E-state index in [4.69, 9.17) is 4.74 Å². The van der Waals surface area contributed by atoms with Crippen LogP contribution in [-0.2, 0) is 24.3 Å². The fourth-order valence-electron chi connectivity index (χ4n) is 1.73. The molecule has 100 valence electrons. The molecular formula is C10H19NO5S. The van der Waals surface area contributed by atoms with Gasteiger partial charge in [0.1, 0.15) is 0 Å². The fraction of sp³-hybridized carbons (Fsp3) is 0.900. The van der Waals surface area contributed by atoms with Crippen molar-refractivity contribution in [3.63, 3.8) is 0 Å². The number of esters is 1. The van der Waals surface area contributed by atoms with Crippen LogP contribution < -0.4 is 0 Å². The van der Waals surface area contributed by atoms with Crippen LogP contribution in [0.4, 0.5) is 0 Å². The first-order valence-corrected chi connectivity index (χ1v) is 7.42. The first-order chi connectivity index (χ1) is 7.93. The first-order valence-electron chi connectivity index (χ1n) is 5.57. The maximum Gasteiger partial charge on any atom is 0.306 e. The van der Waals surface area contributed by atoms with Crippen LogP contribution in [0.1, 0.15) is 19.3 Å². The Morgan fingerprint density at radius 3 is 2.71 bits per heavy atom. The molecule has 6 nitrogen and oxygen atoms in total. The molecule has 1 unspecified atom stereocenters. The van der Waals surface area contributed by atoms with Crippen LogP contribution in [0, 0.1) is 0 Å². The monoisotopic (exact) mass is 265 g/mol. The molecule has 0 aliphatic carbocycles. The van der Waals surface area contributed by atoms with E-state index in [0.29, 0.717) is 13.2 Å². The van der Waals surface area contributed by atoms with Crippen molar-refractivity contribution in [3.05, 3.63) is 0 Å². The number of methoxy groups -OCH3 is 1. The third-order valence-corrected chi connectivity index (χ3v) is 3.96. The maximum absolute atomic E-state index is 11.5. The third kappa shape index (κ3) is 5.01. The molecule has 1 rings (SSSR count). The highest BCUT2D eigenvalue weighted by Gasteiger charge is 2.25. The lowest BCUT2D eigenvalue weighted by Crippen LogP contribution is -2.38. The number of carbonyl (C=O) groups excluding carboxylic acids is 1. The number of nitrogens with zero attached hydrogens (tertiary/aromatic N) is 1. The normalized spacial score (nSPS) is 20.8. The van der Waals surface area contributed by atoms with Crippen LogP contribution in [-0.4, -0.2) is 57.9 Å². The zero-order chi connectivity index (χ0) is 12.9. The van der Waals surface area contributed by atoms with Crippen LogP contribution in [0.25, 0.3) is 0 Å². The second-order valence-corrected chi connectivity index (χ2v) is 6.06. The molecule has 0 aromatic heterocycles. The molecule has 0 N–H and O–H groups in total. The zero-order valence-electron chi connectivity index (χ0n) is 10.2. The minimum atomic E-state index is -3.31. The number of sulfonamides is 1. The molecule has 0 bridgehead atoms. The molecule has 0 spiro atoms. The molecule has 0 radical (unpaired) electrons. The van der Waals surface area contributed by atoms with E-state index in [0.717, 1.165) is 19.1 Å². The number of rotatable bonds is 6. The molecule has 0 saturated carbocycles. The van der Waals surface area contributed by atoms with Gasteiger partial charge in [0.25, 0.3) is 0 Å². The summed E-state index contributed by atoms with van der Waals surface area (Å²) in [5, 5.41) is 0. The Hall–Kier alpha value is -0.660. The number of hydrogen-bond acceptors (Lipinski definition) is 5. The van der Waals surface area contributed by atoms with E-state index in [9.17, 15) is 13.2 Å². The number of carbonyl (C=O) groups is 1. The van der Waals surface area contributed by atoms with Crippen LogP contribution in [0.5, 0.6) is 0 Å². The minimum absolute atomic E-state index is 0.0534. The average molecular weight is 265 g/mol. The molecule has 7 heteroatoms. The molecule has 0 aromatic carbocycles. The zero-order valence-corrected chi connectivity index (χ0v) is 11.0. The van der Waals surface area contributed by atoms with E-state index in [1.54, 1.807) is 0 Å². The smallest absolute Gasteiger partial charge is 0.306 e. The molecule has 1 saturated heterocycles. The maximum atomic E-state index is 11.5. The Labute approximate surface area is 102 Å². The van der Waals surface area contributed by atoms with Gasteiger partial charge in [0.15, 0.2) is 0 Å². The topological polar surface area (TPSA) is 72.9 Å². The Kier molecular flexibility index (Phi) is 5.35. The van der Waals surface area contributed by atoms with Gasteiger partial charge in [-0.15, -0.1) is 0 Å². The molecule has 1 aliphatic heterocycles. The highest BCUT2D eigenvalue weighted by Crippen LogP contribution is 2.15. The summed E-state index contributed by atoms with van der Waals surface area (Å²) in [5.41, 5.74) is 0. The van der Waals surface area contributed by atoms with Gasteiger partial charge in [0.05, 0.1) is 25.9 Å². The van der Waals surface area contributed by atoms with Crippen molar-refractivity contribution in [3.8, 4) is 0 Å². The number of ether oxygens (including phenoxy) is 2. The van der Waals surface area contributed by atoms with E-state index < -0.39 is 16.0 Å². The first kappa shape index (κ1) is 14.4. The largest absolute Gasteiger partial charge is 0.469 e.